The fourth-order valence-corrected chi connectivity index (χ4v) is 3.78. The summed E-state index contributed by atoms with van der Waals surface area (Å²) in [5.41, 5.74) is 1.06. The molecular formula is C21H29N3O4. The first-order valence-electron chi connectivity index (χ1n) is 10.1. The van der Waals surface area contributed by atoms with E-state index in [1.165, 1.54) is 0 Å². The number of hydrogen-bond acceptors (Lipinski definition) is 6. The van der Waals surface area contributed by atoms with Gasteiger partial charge in [0.1, 0.15) is 24.3 Å². The van der Waals surface area contributed by atoms with Crippen LogP contribution in [0, 0.1) is 0 Å². The molecule has 1 aromatic heterocycles. The van der Waals surface area contributed by atoms with E-state index in [0.29, 0.717) is 26.4 Å². The molecule has 2 fully saturated rings. The van der Waals surface area contributed by atoms with E-state index in [1.807, 2.05) is 31.5 Å². The van der Waals surface area contributed by atoms with Crippen LogP contribution in [-0.4, -0.2) is 79.8 Å². The lowest BCUT2D eigenvalue weighted by molar-refractivity contribution is 0.0322. The van der Waals surface area contributed by atoms with Crippen molar-refractivity contribution >= 4 is 0 Å². The zero-order chi connectivity index (χ0) is 19.2. The van der Waals surface area contributed by atoms with Gasteiger partial charge in [0, 0.05) is 44.2 Å². The van der Waals surface area contributed by atoms with Crippen LogP contribution in [0.2, 0.25) is 0 Å². The van der Waals surface area contributed by atoms with Gasteiger partial charge in [0.15, 0.2) is 0 Å². The lowest BCUT2D eigenvalue weighted by Gasteiger charge is -2.26. The molecule has 2 aliphatic heterocycles. The first-order chi connectivity index (χ1) is 13.8. The van der Waals surface area contributed by atoms with E-state index in [1.54, 1.807) is 0 Å². The number of nitrogens with zero attached hydrogens (tertiary/aromatic N) is 3. The van der Waals surface area contributed by atoms with Crippen LogP contribution in [0.4, 0.5) is 0 Å². The van der Waals surface area contributed by atoms with Crippen LogP contribution in [0.1, 0.15) is 13.0 Å². The molecule has 2 atom stereocenters. The lowest BCUT2D eigenvalue weighted by Crippen LogP contribution is -2.38. The topological polar surface area (TPSA) is 58.0 Å². The average molecular weight is 387 g/mol. The Morgan fingerprint density at radius 1 is 1.11 bits per heavy atom. The molecule has 7 heteroatoms. The van der Waals surface area contributed by atoms with E-state index in [-0.39, 0.29) is 12.1 Å². The fourth-order valence-electron chi connectivity index (χ4n) is 3.78. The van der Waals surface area contributed by atoms with Gasteiger partial charge in [-0.25, -0.2) is 4.98 Å². The third kappa shape index (κ3) is 4.55. The molecule has 0 aliphatic carbocycles. The monoisotopic (exact) mass is 387 g/mol. The minimum atomic E-state index is 0.0701. The van der Waals surface area contributed by atoms with Crippen molar-refractivity contribution < 1.29 is 18.9 Å². The maximum absolute atomic E-state index is 5.91. The zero-order valence-electron chi connectivity index (χ0n) is 16.5. The van der Waals surface area contributed by atoms with Gasteiger partial charge in [0.05, 0.1) is 32.5 Å². The highest BCUT2D eigenvalue weighted by atomic mass is 16.5. The standard InChI is InChI=1S/C21H29N3O4/c1-2-27-20-16-26-15-19(20)24-8-7-22-21(24)17-3-5-18(6-4-17)28-14-11-23-9-12-25-13-10-23/h3-8,19-20H,2,9-16H2,1H3/t19-,20-/m0/s1. The molecule has 0 saturated carbocycles. The predicted molar refractivity (Wildman–Crippen MR) is 106 cm³/mol. The van der Waals surface area contributed by atoms with E-state index in [0.717, 1.165) is 50.0 Å². The van der Waals surface area contributed by atoms with Crippen molar-refractivity contribution in [2.24, 2.45) is 0 Å². The van der Waals surface area contributed by atoms with Crippen molar-refractivity contribution in [1.29, 1.82) is 0 Å². The van der Waals surface area contributed by atoms with Crippen molar-refractivity contribution in [3.8, 4) is 17.1 Å². The van der Waals surface area contributed by atoms with Gasteiger partial charge >= 0.3 is 0 Å². The number of aromatic nitrogens is 2. The van der Waals surface area contributed by atoms with Gasteiger partial charge in [-0.05, 0) is 31.2 Å². The molecule has 4 rings (SSSR count). The lowest BCUT2D eigenvalue weighted by atomic mass is 10.1. The van der Waals surface area contributed by atoms with Crippen molar-refractivity contribution in [1.82, 2.24) is 14.5 Å². The van der Waals surface area contributed by atoms with Gasteiger partial charge < -0.3 is 23.5 Å². The van der Waals surface area contributed by atoms with Crippen molar-refractivity contribution in [3.05, 3.63) is 36.7 Å². The van der Waals surface area contributed by atoms with Crippen LogP contribution in [0.3, 0.4) is 0 Å². The Hall–Kier alpha value is -1.93. The van der Waals surface area contributed by atoms with E-state index in [4.69, 9.17) is 18.9 Å². The van der Waals surface area contributed by atoms with Gasteiger partial charge in [-0.2, -0.15) is 0 Å². The van der Waals surface area contributed by atoms with E-state index >= 15 is 0 Å². The molecule has 2 aromatic rings. The third-order valence-corrected chi connectivity index (χ3v) is 5.30. The third-order valence-electron chi connectivity index (χ3n) is 5.30. The molecule has 7 nitrogen and oxygen atoms in total. The minimum Gasteiger partial charge on any atom is -0.492 e. The Labute approximate surface area is 166 Å². The number of hydrogen-bond donors (Lipinski definition) is 0. The first-order valence-corrected chi connectivity index (χ1v) is 10.1. The molecule has 0 bridgehead atoms. The Balaban J connectivity index is 1.37. The Morgan fingerprint density at radius 3 is 2.71 bits per heavy atom. The maximum atomic E-state index is 5.91. The molecule has 1 aromatic carbocycles. The highest BCUT2D eigenvalue weighted by Crippen LogP contribution is 2.29. The average Bonchev–Trinajstić information content (AvgIpc) is 3.39. The van der Waals surface area contributed by atoms with Crippen molar-refractivity contribution in [3.63, 3.8) is 0 Å². The second-order valence-corrected chi connectivity index (χ2v) is 7.08. The normalized spacial score (nSPS) is 23.2. The summed E-state index contributed by atoms with van der Waals surface area (Å²) in [7, 11) is 0. The SMILES string of the molecule is CCO[C@H]1COC[C@@H]1n1ccnc1-c1ccc(OCCN2CCOCC2)cc1. The molecule has 152 valence electrons. The molecule has 0 radical (unpaired) electrons. The number of rotatable bonds is 8. The van der Waals surface area contributed by atoms with Gasteiger partial charge in [-0.3, -0.25) is 4.90 Å². The van der Waals surface area contributed by atoms with E-state index < -0.39 is 0 Å². The molecule has 3 heterocycles. The van der Waals surface area contributed by atoms with Crippen molar-refractivity contribution in [2.75, 3.05) is 59.3 Å². The Morgan fingerprint density at radius 2 is 1.93 bits per heavy atom. The highest BCUT2D eigenvalue weighted by Gasteiger charge is 2.31. The summed E-state index contributed by atoms with van der Waals surface area (Å²) in [5.74, 6) is 1.81. The first kappa shape index (κ1) is 19.4. The second kappa shape index (κ2) is 9.52. The Kier molecular flexibility index (Phi) is 6.59. The summed E-state index contributed by atoms with van der Waals surface area (Å²) in [6.45, 7) is 9.20. The van der Waals surface area contributed by atoms with E-state index in [2.05, 4.69) is 26.6 Å². The highest BCUT2D eigenvalue weighted by molar-refractivity contribution is 5.57. The van der Waals surface area contributed by atoms with Crippen LogP contribution >= 0.6 is 0 Å². The number of imidazole rings is 1. The van der Waals surface area contributed by atoms with Gasteiger partial charge in [-0.1, -0.05) is 0 Å². The zero-order valence-corrected chi connectivity index (χ0v) is 16.5. The molecule has 0 unspecified atom stereocenters. The number of ether oxygens (including phenoxy) is 4. The summed E-state index contributed by atoms with van der Waals surface area (Å²) in [6, 6.07) is 8.31. The Bertz CT molecular complexity index is 728. The van der Waals surface area contributed by atoms with Crippen LogP contribution in [0.15, 0.2) is 36.7 Å². The molecular weight excluding hydrogens is 358 g/mol. The molecule has 0 amide bonds. The molecule has 0 spiro atoms. The summed E-state index contributed by atoms with van der Waals surface area (Å²) in [5, 5.41) is 0. The summed E-state index contributed by atoms with van der Waals surface area (Å²) < 4.78 is 24.9. The van der Waals surface area contributed by atoms with Gasteiger partial charge in [-0.15, -0.1) is 0 Å². The van der Waals surface area contributed by atoms with Gasteiger partial charge in [0.25, 0.3) is 0 Å². The minimum absolute atomic E-state index is 0.0701. The second-order valence-electron chi connectivity index (χ2n) is 7.08. The summed E-state index contributed by atoms with van der Waals surface area (Å²) in [4.78, 5) is 6.94. The largest absolute Gasteiger partial charge is 0.492 e. The molecule has 2 aliphatic rings. The quantitative estimate of drug-likeness (QED) is 0.692. The summed E-state index contributed by atoms with van der Waals surface area (Å²) >= 11 is 0. The number of morpholine rings is 1. The molecule has 28 heavy (non-hydrogen) atoms. The smallest absolute Gasteiger partial charge is 0.140 e. The van der Waals surface area contributed by atoms with Crippen LogP contribution < -0.4 is 4.74 Å². The van der Waals surface area contributed by atoms with Crippen LogP contribution in [-0.2, 0) is 14.2 Å². The fraction of sp³-hybridized carbons (Fsp3) is 0.571. The molecule has 0 N–H and O–H groups in total. The van der Waals surface area contributed by atoms with Crippen LogP contribution in [0.5, 0.6) is 5.75 Å². The summed E-state index contributed by atoms with van der Waals surface area (Å²) in [6.07, 6.45) is 3.91. The van der Waals surface area contributed by atoms with E-state index in [9.17, 15) is 0 Å². The van der Waals surface area contributed by atoms with Crippen molar-refractivity contribution in [2.45, 2.75) is 19.1 Å². The van der Waals surface area contributed by atoms with Crippen LogP contribution in [0.25, 0.3) is 11.4 Å². The maximum Gasteiger partial charge on any atom is 0.140 e. The van der Waals surface area contributed by atoms with Gasteiger partial charge in [0.2, 0.25) is 0 Å². The number of benzene rings is 1. The molecule has 2 saturated heterocycles. The predicted octanol–water partition coefficient (Wildman–Crippen LogP) is 2.24.